The van der Waals surface area contributed by atoms with Crippen LogP contribution in [0.1, 0.15) is 42.5 Å². The van der Waals surface area contributed by atoms with Crippen LogP contribution in [0, 0.1) is 5.92 Å². The molecule has 0 spiro atoms. The van der Waals surface area contributed by atoms with E-state index in [1.807, 2.05) is 0 Å². The number of nitrogens with one attached hydrogen (secondary N) is 1. The molecular formula is C11H16N2O2. The van der Waals surface area contributed by atoms with Crippen LogP contribution in [0.2, 0.25) is 0 Å². The van der Waals surface area contributed by atoms with Crippen LogP contribution in [-0.2, 0) is 0 Å². The third-order valence-corrected chi connectivity index (χ3v) is 2.97. The fraction of sp³-hybridized carbons (Fsp3) is 0.636. The van der Waals surface area contributed by atoms with Crippen LogP contribution in [0.15, 0.2) is 17.0 Å². The van der Waals surface area contributed by atoms with Gasteiger partial charge in [-0.3, -0.25) is 4.79 Å². The number of rotatable bonds is 3. The number of hydrogen-bond donors (Lipinski definition) is 1. The molecule has 82 valence electrons. The van der Waals surface area contributed by atoms with Gasteiger partial charge in [0.25, 0.3) is 5.91 Å². The number of carbonyl (C=O) groups is 1. The van der Waals surface area contributed by atoms with Gasteiger partial charge in [-0.2, -0.15) is 0 Å². The maximum atomic E-state index is 11.5. The zero-order valence-electron chi connectivity index (χ0n) is 8.74. The summed E-state index contributed by atoms with van der Waals surface area (Å²) in [5, 5.41) is 6.42. The molecule has 0 aromatic carbocycles. The third-order valence-electron chi connectivity index (χ3n) is 2.97. The summed E-state index contributed by atoms with van der Waals surface area (Å²) in [5.41, 5.74) is 0.505. The van der Waals surface area contributed by atoms with Gasteiger partial charge in [0.15, 0.2) is 0 Å². The lowest BCUT2D eigenvalue weighted by Crippen LogP contribution is -2.29. The molecule has 1 heterocycles. The van der Waals surface area contributed by atoms with E-state index in [-0.39, 0.29) is 5.91 Å². The van der Waals surface area contributed by atoms with E-state index in [9.17, 15) is 4.79 Å². The zero-order valence-corrected chi connectivity index (χ0v) is 8.74. The van der Waals surface area contributed by atoms with E-state index in [4.69, 9.17) is 0 Å². The second-order valence-electron chi connectivity index (χ2n) is 4.13. The Hall–Kier alpha value is -1.32. The molecule has 1 N–H and O–H groups in total. The molecule has 15 heavy (non-hydrogen) atoms. The molecule has 0 atom stereocenters. The van der Waals surface area contributed by atoms with Crippen LogP contribution >= 0.6 is 0 Å². The predicted octanol–water partition coefficient (Wildman–Crippen LogP) is 1.98. The van der Waals surface area contributed by atoms with Gasteiger partial charge in [0.2, 0.25) is 0 Å². The van der Waals surface area contributed by atoms with Crippen LogP contribution in [0.4, 0.5) is 0 Å². The lowest BCUT2D eigenvalue weighted by atomic mass is 9.89. The van der Waals surface area contributed by atoms with E-state index in [2.05, 4.69) is 15.0 Å². The minimum atomic E-state index is -0.0816. The van der Waals surface area contributed by atoms with Crippen molar-refractivity contribution in [1.82, 2.24) is 10.5 Å². The van der Waals surface area contributed by atoms with E-state index in [0.29, 0.717) is 11.5 Å². The molecule has 1 amide bonds. The summed E-state index contributed by atoms with van der Waals surface area (Å²) in [6.45, 7) is 0.782. The van der Waals surface area contributed by atoms with Crippen molar-refractivity contribution in [1.29, 1.82) is 0 Å². The monoisotopic (exact) mass is 208 g/mol. The molecule has 4 heteroatoms. The molecule has 0 bridgehead atoms. The number of carbonyl (C=O) groups excluding carboxylic acids is 1. The summed E-state index contributed by atoms with van der Waals surface area (Å²) in [7, 11) is 0. The zero-order chi connectivity index (χ0) is 10.5. The van der Waals surface area contributed by atoms with E-state index < -0.39 is 0 Å². The Bertz CT molecular complexity index is 302. The second kappa shape index (κ2) is 4.96. The van der Waals surface area contributed by atoms with Crippen LogP contribution < -0.4 is 5.32 Å². The molecule has 0 aliphatic heterocycles. The lowest BCUT2D eigenvalue weighted by Gasteiger charge is -2.21. The molecule has 1 aliphatic carbocycles. The van der Waals surface area contributed by atoms with Gasteiger partial charge in [-0.25, -0.2) is 0 Å². The first-order valence-electron chi connectivity index (χ1n) is 5.54. The molecule has 1 fully saturated rings. The SMILES string of the molecule is O=C(NCC1CCCCC1)c1cnoc1. The molecule has 1 saturated carbocycles. The Balaban J connectivity index is 1.75. The van der Waals surface area contributed by atoms with Gasteiger partial charge >= 0.3 is 0 Å². The normalized spacial score (nSPS) is 17.6. The first kappa shape index (κ1) is 10.2. The molecule has 0 unspecified atom stereocenters. The molecule has 0 saturated heterocycles. The lowest BCUT2D eigenvalue weighted by molar-refractivity contribution is 0.0943. The first-order valence-corrected chi connectivity index (χ1v) is 5.54. The van der Waals surface area contributed by atoms with Gasteiger partial charge in [-0.1, -0.05) is 24.4 Å². The van der Waals surface area contributed by atoms with Crippen molar-refractivity contribution < 1.29 is 9.32 Å². The van der Waals surface area contributed by atoms with E-state index in [1.165, 1.54) is 44.6 Å². The molecule has 2 rings (SSSR count). The second-order valence-corrected chi connectivity index (χ2v) is 4.13. The van der Waals surface area contributed by atoms with Crippen molar-refractivity contribution in [2.24, 2.45) is 5.92 Å². The highest BCUT2D eigenvalue weighted by Crippen LogP contribution is 2.22. The number of nitrogens with zero attached hydrogens (tertiary/aromatic N) is 1. The molecule has 1 aromatic heterocycles. The third kappa shape index (κ3) is 2.81. The first-order chi connectivity index (χ1) is 7.36. The molecule has 4 nitrogen and oxygen atoms in total. The van der Waals surface area contributed by atoms with Gasteiger partial charge in [-0.15, -0.1) is 0 Å². The maximum absolute atomic E-state index is 11.5. The van der Waals surface area contributed by atoms with Crippen molar-refractivity contribution in [2.75, 3.05) is 6.54 Å². The highest BCUT2D eigenvalue weighted by Gasteiger charge is 2.15. The molecule has 1 aliphatic rings. The number of aromatic nitrogens is 1. The average molecular weight is 208 g/mol. The minimum absolute atomic E-state index is 0.0816. The Labute approximate surface area is 89.0 Å². The highest BCUT2D eigenvalue weighted by molar-refractivity contribution is 5.93. The Kier molecular flexibility index (Phi) is 3.37. The van der Waals surface area contributed by atoms with Crippen LogP contribution in [0.5, 0.6) is 0 Å². The number of amides is 1. The largest absolute Gasteiger partial charge is 0.364 e. The fourth-order valence-corrected chi connectivity index (χ4v) is 2.05. The summed E-state index contributed by atoms with van der Waals surface area (Å²) < 4.78 is 4.62. The smallest absolute Gasteiger partial charge is 0.256 e. The van der Waals surface area contributed by atoms with Gasteiger partial charge in [0.1, 0.15) is 6.26 Å². The van der Waals surface area contributed by atoms with Crippen molar-refractivity contribution in [2.45, 2.75) is 32.1 Å². The predicted molar refractivity (Wildman–Crippen MR) is 55.4 cm³/mol. The van der Waals surface area contributed by atoms with Gasteiger partial charge in [0.05, 0.1) is 11.8 Å². The van der Waals surface area contributed by atoms with Crippen molar-refractivity contribution in [3.63, 3.8) is 0 Å². The van der Waals surface area contributed by atoms with E-state index in [1.54, 1.807) is 0 Å². The number of hydrogen-bond acceptors (Lipinski definition) is 3. The van der Waals surface area contributed by atoms with Crippen molar-refractivity contribution >= 4 is 5.91 Å². The Morgan fingerprint density at radius 1 is 1.47 bits per heavy atom. The van der Waals surface area contributed by atoms with Crippen LogP contribution in [0.3, 0.4) is 0 Å². The summed E-state index contributed by atoms with van der Waals surface area (Å²) >= 11 is 0. The van der Waals surface area contributed by atoms with Gasteiger partial charge in [-0.05, 0) is 18.8 Å². The van der Waals surface area contributed by atoms with Crippen LogP contribution in [-0.4, -0.2) is 17.6 Å². The Morgan fingerprint density at radius 3 is 2.93 bits per heavy atom. The van der Waals surface area contributed by atoms with E-state index >= 15 is 0 Å². The molecule has 1 aromatic rings. The standard InChI is InChI=1S/C11H16N2O2/c14-11(10-7-13-15-8-10)12-6-9-4-2-1-3-5-9/h7-9H,1-6H2,(H,12,14). The summed E-state index contributed by atoms with van der Waals surface area (Å²) in [4.78, 5) is 11.5. The summed E-state index contributed by atoms with van der Waals surface area (Å²) in [6.07, 6.45) is 9.23. The fourth-order valence-electron chi connectivity index (χ4n) is 2.05. The summed E-state index contributed by atoms with van der Waals surface area (Å²) in [6, 6.07) is 0. The van der Waals surface area contributed by atoms with Crippen LogP contribution in [0.25, 0.3) is 0 Å². The van der Waals surface area contributed by atoms with Gasteiger partial charge < -0.3 is 9.84 Å². The molecule has 0 radical (unpaired) electrons. The topological polar surface area (TPSA) is 55.1 Å². The van der Waals surface area contributed by atoms with Gasteiger partial charge in [0, 0.05) is 6.54 Å². The van der Waals surface area contributed by atoms with Crippen molar-refractivity contribution in [3.8, 4) is 0 Å². The van der Waals surface area contributed by atoms with Crippen molar-refractivity contribution in [3.05, 3.63) is 18.0 Å². The minimum Gasteiger partial charge on any atom is -0.364 e. The van der Waals surface area contributed by atoms with E-state index in [0.717, 1.165) is 6.54 Å². The average Bonchev–Trinajstić information content (AvgIpc) is 2.81. The maximum Gasteiger partial charge on any atom is 0.256 e. The molecular weight excluding hydrogens is 192 g/mol. The Morgan fingerprint density at radius 2 is 2.27 bits per heavy atom. The summed E-state index contributed by atoms with van der Waals surface area (Å²) in [5.74, 6) is 0.574. The highest BCUT2D eigenvalue weighted by atomic mass is 16.5. The quantitative estimate of drug-likeness (QED) is 0.826.